The van der Waals surface area contributed by atoms with Crippen molar-refractivity contribution in [2.45, 2.75) is 32.5 Å². The first-order chi connectivity index (χ1) is 7.66. The van der Waals surface area contributed by atoms with Crippen LogP contribution in [0.2, 0.25) is 0 Å². The average molecular weight is 222 g/mol. The number of hydrogen-bond donors (Lipinski definition) is 1. The first kappa shape index (κ1) is 11.4. The fraction of sp³-hybridized carbons (Fsp3) is 0.538. The summed E-state index contributed by atoms with van der Waals surface area (Å²) in [5.74, 6) is 0.833. The second-order valence-corrected chi connectivity index (χ2v) is 4.36. The largest absolute Gasteiger partial charge is 0.485 e. The van der Waals surface area contributed by atoms with Gasteiger partial charge in [-0.05, 0) is 25.5 Å². The molecule has 1 saturated heterocycles. The Morgan fingerprint density at radius 3 is 2.88 bits per heavy atom. The van der Waals surface area contributed by atoms with E-state index >= 15 is 0 Å². The van der Waals surface area contributed by atoms with Gasteiger partial charge in [0.1, 0.15) is 11.9 Å². The summed E-state index contributed by atoms with van der Waals surface area (Å²) in [6.45, 7) is 5.15. The minimum atomic E-state index is -0.422. The molecule has 0 amide bonds. The van der Waals surface area contributed by atoms with E-state index in [2.05, 4.69) is 13.0 Å². The van der Waals surface area contributed by atoms with E-state index in [1.807, 2.05) is 19.1 Å². The van der Waals surface area contributed by atoms with Gasteiger partial charge in [0.05, 0.1) is 12.7 Å². The lowest BCUT2D eigenvalue weighted by Crippen LogP contribution is -2.41. The SMILES string of the molecule is Cc1ccc(OC2COCCC2O)c(C)c1. The fourth-order valence-electron chi connectivity index (χ4n) is 1.91. The van der Waals surface area contributed by atoms with Crippen LogP contribution in [0, 0.1) is 13.8 Å². The summed E-state index contributed by atoms with van der Waals surface area (Å²) in [4.78, 5) is 0. The quantitative estimate of drug-likeness (QED) is 0.829. The summed E-state index contributed by atoms with van der Waals surface area (Å²) in [5, 5.41) is 9.77. The van der Waals surface area contributed by atoms with E-state index in [-0.39, 0.29) is 6.10 Å². The van der Waals surface area contributed by atoms with Gasteiger partial charge in [0.25, 0.3) is 0 Å². The summed E-state index contributed by atoms with van der Waals surface area (Å²) in [6, 6.07) is 6.04. The first-order valence-electron chi connectivity index (χ1n) is 5.66. The Bertz CT molecular complexity index is 362. The Balaban J connectivity index is 2.07. The van der Waals surface area contributed by atoms with Crippen LogP contribution < -0.4 is 4.74 Å². The minimum Gasteiger partial charge on any atom is -0.485 e. The molecule has 88 valence electrons. The summed E-state index contributed by atoms with van der Waals surface area (Å²) in [5.41, 5.74) is 2.31. The van der Waals surface area contributed by atoms with Crippen LogP contribution in [0.15, 0.2) is 18.2 Å². The van der Waals surface area contributed by atoms with E-state index in [0.717, 1.165) is 11.3 Å². The van der Waals surface area contributed by atoms with Crippen molar-refractivity contribution >= 4 is 0 Å². The molecule has 0 radical (unpaired) electrons. The van der Waals surface area contributed by atoms with Crippen molar-refractivity contribution in [1.82, 2.24) is 0 Å². The van der Waals surface area contributed by atoms with Gasteiger partial charge in [-0.2, -0.15) is 0 Å². The van der Waals surface area contributed by atoms with Crippen molar-refractivity contribution in [3.05, 3.63) is 29.3 Å². The van der Waals surface area contributed by atoms with Gasteiger partial charge < -0.3 is 14.6 Å². The predicted molar refractivity (Wildman–Crippen MR) is 61.8 cm³/mol. The molecule has 1 heterocycles. The van der Waals surface area contributed by atoms with Gasteiger partial charge >= 0.3 is 0 Å². The zero-order valence-electron chi connectivity index (χ0n) is 9.77. The molecule has 1 aliphatic heterocycles. The van der Waals surface area contributed by atoms with Crippen molar-refractivity contribution in [3.8, 4) is 5.75 Å². The number of rotatable bonds is 2. The molecule has 2 rings (SSSR count). The zero-order valence-corrected chi connectivity index (χ0v) is 9.77. The third kappa shape index (κ3) is 2.54. The monoisotopic (exact) mass is 222 g/mol. The van der Waals surface area contributed by atoms with Crippen molar-refractivity contribution in [3.63, 3.8) is 0 Å². The highest BCUT2D eigenvalue weighted by atomic mass is 16.5. The molecule has 0 aromatic heterocycles. The Morgan fingerprint density at radius 2 is 2.19 bits per heavy atom. The van der Waals surface area contributed by atoms with Crippen LogP contribution in [-0.4, -0.2) is 30.5 Å². The molecule has 0 aliphatic carbocycles. The predicted octanol–water partition coefficient (Wildman–Crippen LogP) is 1.83. The molecule has 0 spiro atoms. The van der Waals surface area contributed by atoms with Gasteiger partial charge in [-0.1, -0.05) is 17.7 Å². The van der Waals surface area contributed by atoms with Crippen LogP contribution in [-0.2, 0) is 4.74 Å². The van der Waals surface area contributed by atoms with Crippen molar-refractivity contribution < 1.29 is 14.6 Å². The van der Waals surface area contributed by atoms with E-state index in [4.69, 9.17) is 9.47 Å². The zero-order chi connectivity index (χ0) is 11.5. The molecule has 1 fully saturated rings. The van der Waals surface area contributed by atoms with E-state index in [1.54, 1.807) is 0 Å². The maximum Gasteiger partial charge on any atom is 0.148 e. The Labute approximate surface area is 96.0 Å². The third-order valence-corrected chi connectivity index (χ3v) is 2.88. The Kier molecular flexibility index (Phi) is 3.46. The average Bonchev–Trinajstić information content (AvgIpc) is 2.25. The van der Waals surface area contributed by atoms with Crippen LogP contribution in [0.4, 0.5) is 0 Å². The number of aliphatic hydroxyl groups excluding tert-OH is 1. The van der Waals surface area contributed by atoms with Gasteiger partial charge in [0, 0.05) is 13.0 Å². The van der Waals surface area contributed by atoms with Crippen molar-refractivity contribution in [2.24, 2.45) is 0 Å². The van der Waals surface area contributed by atoms with Crippen LogP contribution in [0.25, 0.3) is 0 Å². The van der Waals surface area contributed by atoms with Crippen LogP contribution in [0.1, 0.15) is 17.5 Å². The lowest BCUT2D eigenvalue weighted by Gasteiger charge is -2.28. The molecule has 1 aromatic rings. The van der Waals surface area contributed by atoms with Gasteiger partial charge in [-0.25, -0.2) is 0 Å². The standard InChI is InChI=1S/C13H18O3/c1-9-3-4-12(10(2)7-9)16-13-8-15-6-5-11(13)14/h3-4,7,11,13-14H,5-6,8H2,1-2H3. The molecule has 1 aliphatic rings. The summed E-state index contributed by atoms with van der Waals surface area (Å²) < 4.78 is 11.1. The molecule has 1 N–H and O–H groups in total. The normalized spacial score (nSPS) is 25.4. The Morgan fingerprint density at radius 1 is 1.38 bits per heavy atom. The smallest absolute Gasteiger partial charge is 0.148 e. The van der Waals surface area contributed by atoms with E-state index in [9.17, 15) is 5.11 Å². The molecule has 3 heteroatoms. The summed E-state index contributed by atoms with van der Waals surface area (Å²) in [6.07, 6.45) is -0.0140. The minimum absolute atomic E-state index is 0.241. The number of hydrogen-bond acceptors (Lipinski definition) is 3. The summed E-state index contributed by atoms with van der Waals surface area (Å²) in [7, 11) is 0. The molecule has 2 unspecified atom stereocenters. The molecule has 2 atom stereocenters. The van der Waals surface area contributed by atoms with Gasteiger partial charge in [-0.15, -0.1) is 0 Å². The van der Waals surface area contributed by atoms with Gasteiger partial charge in [-0.3, -0.25) is 0 Å². The number of benzene rings is 1. The van der Waals surface area contributed by atoms with E-state index in [0.29, 0.717) is 19.6 Å². The molecule has 3 nitrogen and oxygen atoms in total. The molecular weight excluding hydrogens is 204 g/mol. The molecule has 0 saturated carbocycles. The first-order valence-corrected chi connectivity index (χ1v) is 5.66. The Hall–Kier alpha value is -1.06. The molecule has 16 heavy (non-hydrogen) atoms. The second-order valence-electron chi connectivity index (χ2n) is 4.36. The molecule has 1 aromatic carbocycles. The third-order valence-electron chi connectivity index (χ3n) is 2.88. The highest BCUT2D eigenvalue weighted by molar-refractivity contribution is 5.35. The van der Waals surface area contributed by atoms with E-state index in [1.165, 1.54) is 5.56 Å². The number of aliphatic hydroxyl groups is 1. The van der Waals surface area contributed by atoms with Crippen molar-refractivity contribution in [1.29, 1.82) is 0 Å². The highest BCUT2D eigenvalue weighted by Crippen LogP contribution is 2.22. The maximum absolute atomic E-state index is 9.77. The maximum atomic E-state index is 9.77. The number of ether oxygens (including phenoxy) is 2. The molecule has 0 bridgehead atoms. The number of aryl methyl sites for hydroxylation is 2. The van der Waals surface area contributed by atoms with Crippen LogP contribution in [0.3, 0.4) is 0 Å². The lowest BCUT2D eigenvalue weighted by atomic mass is 10.1. The van der Waals surface area contributed by atoms with E-state index < -0.39 is 6.10 Å². The van der Waals surface area contributed by atoms with Gasteiger partial charge in [0.15, 0.2) is 0 Å². The molecular formula is C13H18O3. The second kappa shape index (κ2) is 4.85. The van der Waals surface area contributed by atoms with Gasteiger partial charge in [0.2, 0.25) is 0 Å². The van der Waals surface area contributed by atoms with Crippen LogP contribution >= 0.6 is 0 Å². The highest BCUT2D eigenvalue weighted by Gasteiger charge is 2.25. The topological polar surface area (TPSA) is 38.7 Å². The fourth-order valence-corrected chi connectivity index (χ4v) is 1.91. The van der Waals surface area contributed by atoms with Crippen molar-refractivity contribution in [2.75, 3.05) is 13.2 Å². The lowest BCUT2D eigenvalue weighted by molar-refractivity contribution is -0.0737. The summed E-state index contributed by atoms with van der Waals surface area (Å²) >= 11 is 0. The van der Waals surface area contributed by atoms with Crippen LogP contribution in [0.5, 0.6) is 5.75 Å².